The van der Waals surface area contributed by atoms with Crippen LogP contribution in [0.4, 0.5) is 0 Å². The molecule has 6 heteroatoms. The van der Waals surface area contributed by atoms with E-state index >= 15 is 0 Å². The minimum atomic E-state index is -0.137. The first-order valence-electron chi connectivity index (χ1n) is 7.56. The number of aromatic nitrogens is 1. The lowest BCUT2D eigenvalue weighted by atomic mass is 10.1. The second-order valence-electron chi connectivity index (χ2n) is 5.37. The number of Topliss-reactive ketones (excluding diaryl/α,β-unsaturated/α-hetero) is 1. The SMILES string of the molecule is COc1ccc(Oc2ccnc3cc(O)c(OC)cc23)c(C(C)=O)c1. The molecule has 0 radical (unpaired) electrons. The molecule has 25 heavy (non-hydrogen) atoms. The Bertz CT molecular complexity index is 952. The molecule has 0 unspecified atom stereocenters. The third kappa shape index (κ3) is 3.19. The maximum Gasteiger partial charge on any atom is 0.163 e. The van der Waals surface area contributed by atoms with Gasteiger partial charge in [-0.2, -0.15) is 0 Å². The first kappa shape index (κ1) is 16.6. The molecule has 0 amide bonds. The number of ether oxygens (including phenoxy) is 3. The average molecular weight is 339 g/mol. The number of rotatable bonds is 5. The van der Waals surface area contributed by atoms with E-state index in [9.17, 15) is 9.90 Å². The lowest BCUT2D eigenvalue weighted by Crippen LogP contribution is -1.99. The number of hydrogen-bond donors (Lipinski definition) is 1. The van der Waals surface area contributed by atoms with Gasteiger partial charge in [-0.05, 0) is 37.3 Å². The fourth-order valence-corrected chi connectivity index (χ4v) is 2.51. The van der Waals surface area contributed by atoms with Gasteiger partial charge in [-0.1, -0.05) is 0 Å². The second-order valence-corrected chi connectivity index (χ2v) is 5.37. The quantitative estimate of drug-likeness (QED) is 0.709. The Morgan fingerprint density at radius 1 is 1.00 bits per heavy atom. The summed E-state index contributed by atoms with van der Waals surface area (Å²) in [5.74, 6) is 1.65. The van der Waals surface area contributed by atoms with E-state index in [1.165, 1.54) is 27.2 Å². The van der Waals surface area contributed by atoms with Crippen LogP contribution in [0.15, 0.2) is 42.6 Å². The maximum absolute atomic E-state index is 11.9. The molecule has 2 aromatic carbocycles. The van der Waals surface area contributed by atoms with Crippen LogP contribution in [0.3, 0.4) is 0 Å². The Morgan fingerprint density at radius 3 is 2.48 bits per heavy atom. The fraction of sp³-hybridized carbons (Fsp3) is 0.158. The number of carbonyl (C=O) groups is 1. The molecule has 1 heterocycles. The van der Waals surface area contributed by atoms with Crippen molar-refractivity contribution in [2.24, 2.45) is 0 Å². The van der Waals surface area contributed by atoms with Gasteiger partial charge < -0.3 is 19.3 Å². The van der Waals surface area contributed by atoms with Gasteiger partial charge in [0.05, 0.1) is 25.3 Å². The van der Waals surface area contributed by atoms with Crippen LogP contribution in [0.25, 0.3) is 10.9 Å². The van der Waals surface area contributed by atoms with Gasteiger partial charge in [0.1, 0.15) is 17.2 Å². The van der Waals surface area contributed by atoms with Gasteiger partial charge in [-0.15, -0.1) is 0 Å². The minimum Gasteiger partial charge on any atom is -0.504 e. The molecule has 0 bridgehead atoms. The summed E-state index contributed by atoms with van der Waals surface area (Å²) in [5.41, 5.74) is 0.962. The summed E-state index contributed by atoms with van der Waals surface area (Å²) < 4.78 is 16.3. The van der Waals surface area contributed by atoms with Crippen LogP contribution in [-0.4, -0.2) is 30.1 Å². The van der Waals surface area contributed by atoms with E-state index in [2.05, 4.69) is 4.98 Å². The highest BCUT2D eigenvalue weighted by Gasteiger charge is 2.14. The summed E-state index contributed by atoms with van der Waals surface area (Å²) >= 11 is 0. The van der Waals surface area contributed by atoms with E-state index in [1.807, 2.05) is 0 Å². The van der Waals surface area contributed by atoms with E-state index in [-0.39, 0.29) is 11.5 Å². The van der Waals surface area contributed by atoms with Gasteiger partial charge in [-0.25, -0.2) is 0 Å². The Balaban J connectivity index is 2.11. The number of benzene rings is 2. The molecule has 0 aliphatic heterocycles. The van der Waals surface area contributed by atoms with Crippen LogP contribution in [0.5, 0.6) is 28.7 Å². The number of hydrogen-bond acceptors (Lipinski definition) is 6. The van der Waals surface area contributed by atoms with Gasteiger partial charge in [0.2, 0.25) is 0 Å². The summed E-state index contributed by atoms with van der Waals surface area (Å²) in [6.45, 7) is 1.47. The third-order valence-corrected chi connectivity index (χ3v) is 3.79. The van der Waals surface area contributed by atoms with E-state index in [0.29, 0.717) is 39.5 Å². The lowest BCUT2D eigenvalue weighted by molar-refractivity contribution is 0.101. The minimum absolute atomic E-state index is 0.00600. The van der Waals surface area contributed by atoms with Gasteiger partial charge in [0, 0.05) is 17.6 Å². The first-order valence-corrected chi connectivity index (χ1v) is 7.56. The monoisotopic (exact) mass is 339 g/mol. The van der Waals surface area contributed by atoms with E-state index in [1.54, 1.807) is 36.5 Å². The predicted molar refractivity (Wildman–Crippen MR) is 93.0 cm³/mol. The van der Waals surface area contributed by atoms with Crippen molar-refractivity contribution in [3.8, 4) is 28.7 Å². The summed E-state index contributed by atoms with van der Waals surface area (Å²) in [6, 6.07) is 9.86. The molecule has 0 atom stereocenters. The maximum atomic E-state index is 11.9. The molecule has 1 N–H and O–H groups in total. The third-order valence-electron chi connectivity index (χ3n) is 3.79. The highest BCUT2D eigenvalue weighted by Crippen LogP contribution is 2.37. The van der Waals surface area contributed by atoms with Gasteiger partial charge in [-0.3, -0.25) is 9.78 Å². The first-order chi connectivity index (χ1) is 12.0. The Hall–Kier alpha value is -3.28. The van der Waals surface area contributed by atoms with Crippen molar-refractivity contribution in [2.45, 2.75) is 6.92 Å². The van der Waals surface area contributed by atoms with Crippen LogP contribution in [0.2, 0.25) is 0 Å². The molecule has 3 aromatic rings. The average Bonchev–Trinajstić information content (AvgIpc) is 2.61. The molecule has 0 saturated heterocycles. The molecular weight excluding hydrogens is 322 g/mol. The highest BCUT2D eigenvalue weighted by molar-refractivity contribution is 5.97. The van der Waals surface area contributed by atoms with Crippen LogP contribution in [-0.2, 0) is 0 Å². The zero-order valence-corrected chi connectivity index (χ0v) is 14.1. The molecule has 0 spiro atoms. The Labute approximate surface area is 144 Å². The smallest absolute Gasteiger partial charge is 0.163 e. The Morgan fingerprint density at radius 2 is 1.80 bits per heavy atom. The van der Waals surface area contributed by atoms with Crippen molar-refractivity contribution >= 4 is 16.7 Å². The predicted octanol–water partition coefficient (Wildman–Crippen LogP) is 3.95. The van der Waals surface area contributed by atoms with Gasteiger partial charge in [0.25, 0.3) is 0 Å². The molecule has 3 rings (SSSR count). The summed E-state index contributed by atoms with van der Waals surface area (Å²) in [4.78, 5) is 16.2. The molecule has 0 fully saturated rings. The number of fused-ring (bicyclic) bond motifs is 1. The topological polar surface area (TPSA) is 77.9 Å². The van der Waals surface area contributed by atoms with Crippen molar-refractivity contribution in [3.63, 3.8) is 0 Å². The largest absolute Gasteiger partial charge is 0.504 e. The number of aromatic hydroxyl groups is 1. The molecule has 128 valence electrons. The molecule has 6 nitrogen and oxygen atoms in total. The molecule has 0 aliphatic rings. The number of phenols is 1. The number of phenolic OH excluding ortho intramolecular Hbond substituents is 1. The molecule has 0 aliphatic carbocycles. The van der Waals surface area contributed by atoms with Crippen molar-refractivity contribution in [2.75, 3.05) is 14.2 Å². The summed E-state index contributed by atoms with van der Waals surface area (Å²) in [5, 5.41) is 10.6. The normalized spacial score (nSPS) is 10.5. The standard InChI is InChI=1S/C19H17NO5/c1-11(21)13-8-12(23-2)4-5-17(13)25-18-6-7-20-15-10-16(22)19(24-3)9-14(15)18/h4-10,22H,1-3H3. The zero-order chi connectivity index (χ0) is 18.0. The van der Waals surface area contributed by atoms with E-state index in [4.69, 9.17) is 14.2 Å². The summed E-state index contributed by atoms with van der Waals surface area (Å²) in [7, 11) is 3.00. The van der Waals surface area contributed by atoms with Gasteiger partial charge in [0.15, 0.2) is 17.3 Å². The summed E-state index contributed by atoms with van der Waals surface area (Å²) in [6.07, 6.45) is 1.57. The molecular formula is C19H17NO5. The number of ketones is 1. The van der Waals surface area contributed by atoms with E-state index < -0.39 is 0 Å². The van der Waals surface area contributed by atoms with Crippen molar-refractivity contribution in [3.05, 3.63) is 48.2 Å². The van der Waals surface area contributed by atoms with Crippen molar-refractivity contribution in [1.82, 2.24) is 4.98 Å². The highest BCUT2D eigenvalue weighted by atomic mass is 16.5. The van der Waals surface area contributed by atoms with Crippen LogP contribution >= 0.6 is 0 Å². The number of nitrogens with zero attached hydrogens (tertiary/aromatic N) is 1. The van der Waals surface area contributed by atoms with Crippen LogP contribution < -0.4 is 14.2 Å². The van der Waals surface area contributed by atoms with Crippen LogP contribution in [0, 0.1) is 0 Å². The van der Waals surface area contributed by atoms with Crippen molar-refractivity contribution < 1.29 is 24.1 Å². The second kappa shape index (κ2) is 6.68. The number of pyridine rings is 1. The lowest BCUT2D eigenvalue weighted by Gasteiger charge is -2.13. The fourth-order valence-electron chi connectivity index (χ4n) is 2.51. The van der Waals surface area contributed by atoms with E-state index in [0.717, 1.165) is 0 Å². The van der Waals surface area contributed by atoms with Gasteiger partial charge >= 0.3 is 0 Å². The number of carbonyl (C=O) groups excluding carboxylic acids is 1. The Kier molecular flexibility index (Phi) is 4.43. The molecule has 1 aromatic heterocycles. The number of methoxy groups -OCH3 is 2. The molecule has 0 saturated carbocycles. The zero-order valence-electron chi connectivity index (χ0n) is 14.1. The van der Waals surface area contributed by atoms with Crippen molar-refractivity contribution in [1.29, 1.82) is 0 Å². The van der Waals surface area contributed by atoms with Crippen LogP contribution in [0.1, 0.15) is 17.3 Å².